The molecule has 6 heteroatoms. The number of carbonyl (C=O) groups is 1. The van der Waals surface area contributed by atoms with Crippen molar-refractivity contribution in [2.75, 3.05) is 13.1 Å². The fourth-order valence-electron chi connectivity index (χ4n) is 3.06. The molecule has 1 saturated heterocycles. The topological polar surface area (TPSA) is 66.5 Å². The molecule has 0 amide bonds. The number of rotatable bonds is 6. The molecule has 0 saturated carbocycles. The molecule has 1 aliphatic heterocycles. The minimum Gasteiger partial charge on any atom is -0.294 e. The third-order valence-electron chi connectivity index (χ3n) is 4.52. The van der Waals surface area contributed by atoms with Gasteiger partial charge in [-0.25, -0.2) is 0 Å². The quantitative estimate of drug-likeness (QED) is 0.807. The van der Waals surface area contributed by atoms with Crippen molar-refractivity contribution in [3.8, 4) is 0 Å². The molecule has 5 nitrogen and oxygen atoms in total. The molecule has 0 radical (unpaired) electrons. The molecule has 0 unspecified atom stereocenters. The number of hydrogen-bond donors (Lipinski definition) is 1. The molecule has 1 aliphatic rings. The summed E-state index contributed by atoms with van der Waals surface area (Å²) in [6.07, 6.45) is 1.11. The number of ketones is 1. The Hall–Kier alpha value is -2.02. The summed E-state index contributed by atoms with van der Waals surface area (Å²) in [5.74, 6) is -0.00198. The molecule has 1 heterocycles. The van der Waals surface area contributed by atoms with E-state index in [0.717, 1.165) is 5.56 Å². The fourth-order valence-corrected chi connectivity index (χ4v) is 4.28. The minimum absolute atomic E-state index is 0.106. The molecule has 0 spiro atoms. The molecule has 0 bridgehead atoms. The number of carbonyl (C=O) groups excluding carboxylic acids is 1. The average molecular weight is 358 g/mol. The van der Waals surface area contributed by atoms with E-state index >= 15 is 0 Å². The van der Waals surface area contributed by atoms with Crippen LogP contribution >= 0.6 is 0 Å². The van der Waals surface area contributed by atoms with Gasteiger partial charge in [-0.05, 0) is 18.4 Å². The number of piperidine rings is 1. The van der Waals surface area contributed by atoms with Crippen LogP contribution in [0.1, 0.15) is 28.8 Å². The highest BCUT2D eigenvalue weighted by molar-refractivity contribution is 7.87. The lowest BCUT2D eigenvalue weighted by Gasteiger charge is -2.30. The number of nitrogens with zero attached hydrogens (tertiary/aromatic N) is 1. The molecule has 0 aliphatic carbocycles. The SMILES string of the molecule is O=C(c1ccccc1)C1CCN(S(=O)(=O)NCc2ccccc2)CC1. The Labute approximate surface area is 148 Å². The third kappa shape index (κ3) is 4.54. The molecule has 0 atom stereocenters. The molecule has 1 N–H and O–H groups in total. The van der Waals surface area contributed by atoms with E-state index < -0.39 is 10.2 Å². The normalized spacial score (nSPS) is 16.6. The van der Waals surface area contributed by atoms with Gasteiger partial charge in [0.2, 0.25) is 0 Å². The molecule has 1 fully saturated rings. The molecule has 132 valence electrons. The van der Waals surface area contributed by atoms with Crippen LogP contribution in [-0.2, 0) is 16.8 Å². The Morgan fingerprint density at radius 2 is 1.52 bits per heavy atom. The third-order valence-corrected chi connectivity index (χ3v) is 6.08. The molecule has 2 aromatic carbocycles. The van der Waals surface area contributed by atoms with Gasteiger partial charge in [0.05, 0.1) is 0 Å². The van der Waals surface area contributed by atoms with Crippen LogP contribution in [0.2, 0.25) is 0 Å². The highest BCUT2D eigenvalue weighted by Gasteiger charge is 2.31. The first kappa shape index (κ1) is 17.8. The summed E-state index contributed by atoms with van der Waals surface area (Å²) < 4.78 is 28.9. The Morgan fingerprint density at radius 3 is 2.12 bits per heavy atom. The lowest BCUT2D eigenvalue weighted by Crippen LogP contribution is -2.45. The summed E-state index contributed by atoms with van der Waals surface area (Å²) in [5, 5.41) is 0. The fraction of sp³-hybridized carbons (Fsp3) is 0.316. The van der Waals surface area contributed by atoms with Gasteiger partial charge in [0.25, 0.3) is 10.2 Å². The van der Waals surface area contributed by atoms with Gasteiger partial charge in [-0.3, -0.25) is 4.79 Å². The Balaban J connectivity index is 1.55. The van der Waals surface area contributed by atoms with Crippen LogP contribution in [0.25, 0.3) is 0 Å². The van der Waals surface area contributed by atoms with Crippen LogP contribution < -0.4 is 4.72 Å². The molecule has 0 aromatic heterocycles. The Kier molecular flexibility index (Phi) is 5.63. The number of benzene rings is 2. The summed E-state index contributed by atoms with van der Waals surface area (Å²) in [5.41, 5.74) is 1.62. The highest BCUT2D eigenvalue weighted by atomic mass is 32.2. The van der Waals surface area contributed by atoms with Crippen LogP contribution in [0.4, 0.5) is 0 Å². The van der Waals surface area contributed by atoms with Gasteiger partial charge in [-0.15, -0.1) is 0 Å². The lowest BCUT2D eigenvalue weighted by molar-refractivity contribution is 0.0875. The Morgan fingerprint density at radius 1 is 0.960 bits per heavy atom. The molecule has 2 aromatic rings. The number of nitrogens with one attached hydrogen (secondary N) is 1. The van der Waals surface area contributed by atoms with E-state index in [1.54, 1.807) is 0 Å². The van der Waals surface area contributed by atoms with Gasteiger partial charge in [-0.2, -0.15) is 17.4 Å². The van der Waals surface area contributed by atoms with Crippen LogP contribution in [0, 0.1) is 5.92 Å². The first-order valence-electron chi connectivity index (χ1n) is 8.44. The number of Topliss-reactive ketones (excluding diaryl/α,β-unsaturated/α-hetero) is 1. The van der Waals surface area contributed by atoms with Gasteiger partial charge >= 0.3 is 0 Å². The first-order valence-corrected chi connectivity index (χ1v) is 9.88. The van der Waals surface area contributed by atoms with Crippen LogP contribution in [0.5, 0.6) is 0 Å². The summed E-state index contributed by atoms with van der Waals surface area (Å²) in [6.45, 7) is 1.01. The van der Waals surface area contributed by atoms with Crippen molar-refractivity contribution in [1.82, 2.24) is 9.03 Å². The largest absolute Gasteiger partial charge is 0.294 e. The minimum atomic E-state index is -3.52. The van der Waals surface area contributed by atoms with E-state index in [1.807, 2.05) is 60.7 Å². The van der Waals surface area contributed by atoms with Gasteiger partial charge < -0.3 is 0 Å². The zero-order valence-corrected chi connectivity index (χ0v) is 14.8. The van der Waals surface area contributed by atoms with Crippen LogP contribution in [0.15, 0.2) is 60.7 Å². The number of hydrogen-bond acceptors (Lipinski definition) is 3. The van der Waals surface area contributed by atoms with Crippen molar-refractivity contribution in [2.24, 2.45) is 5.92 Å². The Bertz CT molecular complexity index is 799. The van der Waals surface area contributed by atoms with Gasteiger partial charge in [0.15, 0.2) is 5.78 Å². The van der Waals surface area contributed by atoms with Crippen molar-refractivity contribution in [3.05, 3.63) is 71.8 Å². The predicted molar refractivity (Wildman–Crippen MR) is 97.3 cm³/mol. The van der Waals surface area contributed by atoms with Gasteiger partial charge in [-0.1, -0.05) is 60.7 Å². The standard InChI is InChI=1S/C19H22N2O3S/c22-19(17-9-5-2-6-10-17)18-11-13-21(14-12-18)25(23,24)20-15-16-7-3-1-4-8-16/h1-10,18,20H,11-15H2. The summed E-state index contributed by atoms with van der Waals surface area (Å²) in [7, 11) is -3.52. The maximum Gasteiger partial charge on any atom is 0.279 e. The van der Waals surface area contributed by atoms with E-state index in [2.05, 4.69) is 4.72 Å². The van der Waals surface area contributed by atoms with Crippen molar-refractivity contribution in [1.29, 1.82) is 0 Å². The molecular formula is C19H22N2O3S. The van der Waals surface area contributed by atoms with Crippen molar-refractivity contribution in [2.45, 2.75) is 19.4 Å². The monoisotopic (exact) mass is 358 g/mol. The lowest BCUT2D eigenvalue weighted by atomic mass is 9.90. The second-order valence-electron chi connectivity index (χ2n) is 6.22. The summed E-state index contributed by atoms with van der Waals surface area (Å²) in [4.78, 5) is 12.5. The van der Waals surface area contributed by atoms with Gasteiger partial charge in [0.1, 0.15) is 0 Å². The smallest absolute Gasteiger partial charge is 0.279 e. The van der Waals surface area contributed by atoms with E-state index in [9.17, 15) is 13.2 Å². The van der Waals surface area contributed by atoms with Crippen molar-refractivity contribution >= 4 is 16.0 Å². The maximum absolute atomic E-state index is 12.5. The average Bonchev–Trinajstić information content (AvgIpc) is 2.67. The zero-order valence-electron chi connectivity index (χ0n) is 14.0. The van der Waals surface area contributed by atoms with Crippen molar-refractivity contribution in [3.63, 3.8) is 0 Å². The second-order valence-corrected chi connectivity index (χ2v) is 7.97. The highest BCUT2D eigenvalue weighted by Crippen LogP contribution is 2.23. The van der Waals surface area contributed by atoms with E-state index in [4.69, 9.17) is 0 Å². The first-order chi connectivity index (χ1) is 12.1. The summed E-state index contributed by atoms with van der Waals surface area (Å²) in [6, 6.07) is 18.6. The summed E-state index contributed by atoms with van der Waals surface area (Å²) >= 11 is 0. The van der Waals surface area contributed by atoms with E-state index in [1.165, 1.54) is 4.31 Å². The van der Waals surface area contributed by atoms with Crippen molar-refractivity contribution < 1.29 is 13.2 Å². The maximum atomic E-state index is 12.5. The van der Waals surface area contributed by atoms with Crippen LogP contribution in [0.3, 0.4) is 0 Å². The van der Waals surface area contributed by atoms with Crippen LogP contribution in [-0.4, -0.2) is 31.6 Å². The second kappa shape index (κ2) is 7.91. The molecule has 25 heavy (non-hydrogen) atoms. The zero-order chi connectivity index (χ0) is 17.7. The predicted octanol–water partition coefficient (Wildman–Crippen LogP) is 2.62. The van der Waals surface area contributed by atoms with E-state index in [-0.39, 0.29) is 18.2 Å². The molecular weight excluding hydrogens is 336 g/mol. The van der Waals surface area contributed by atoms with E-state index in [0.29, 0.717) is 31.5 Å². The van der Waals surface area contributed by atoms with Gasteiger partial charge in [0, 0.05) is 31.1 Å². The molecule has 3 rings (SSSR count).